The minimum absolute atomic E-state index is 0.187. The van der Waals surface area contributed by atoms with E-state index in [2.05, 4.69) is 68.7 Å². The molecule has 0 bridgehead atoms. The van der Waals surface area contributed by atoms with Gasteiger partial charge in [0.1, 0.15) is 12.1 Å². The van der Waals surface area contributed by atoms with Gasteiger partial charge in [-0.3, -0.25) is 4.79 Å². The number of anilines is 1. The van der Waals surface area contributed by atoms with Crippen molar-refractivity contribution in [2.75, 3.05) is 31.1 Å². The molecule has 162 valence electrons. The van der Waals surface area contributed by atoms with Crippen LogP contribution in [0.3, 0.4) is 0 Å². The van der Waals surface area contributed by atoms with Crippen LogP contribution in [-0.4, -0.2) is 56.8 Å². The van der Waals surface area contributed by atoms with Gasteiger partial charge in [-0.2, -0.15) is 4.52 Å². The third-order valence-electron chi connectivity index (χ3n) is 6.00. The highest BCUT2D eigenvalue weighted by atomic mass is 16.2. The fourth-order valence-corrected chi connectivity index (χ4v) is 4.19. The summed E-state index contributed by atoms with van der Waals surface area (Å²) >= 11 is 0. The van der Waals surface area contributed by atoms with E-state index in [9.17, 15) is 4.79 Å². The van der Waals surface area contributed by atoms with Gasteiger partial charge < -0.3 is 9.80 Å². The maximum atomic E-state index is 12.9. The molecule has 0 atom stereocenters. The van der Waals surface area contributed by atoms with Crippen molar-refractivity contribution in [3.05, 3.63) is 89.7 Å². The number of nitrogens with zero attached hydrogens (tertiary/aromatic N) is 6. The van der Waals surface area contributed by atoms with Crippen LogP contribution in [0.5, 0.6) is 0 Å². The Kier molecular flexibility index (Phi) is 5.79. The molecule has 7 heteroatoms. The quantitative estimate of drug-likeness (QED) is 0.474. The molecule has 0 spiro atoms. The Morgan fingerprint density at radius 2 is 1.56 bits per heavy atom. The van der Waals surface area contributed by atoms with Crippen LogP contribution in [-0.2, 0) is 24.1 Å². The Morgan fingerprint density at radius 3 is 2.41 bits per heavy atom. The molecule has 1 amide bonds. The molecular formula is C25H26N6O. The monoisotopic (exact) mass is 426 g/mol. The van der Waals surface area contributed by atoms with Gasteiger partial charge in [0.15, 0.2) is 5.65 Å². The SMILES string of the molecule is O=C(Cc1cccc(CCc2ccccc2)c1)N1CCN(c2ccc3nncn3n2)CC1. The van der Waals surface area contributed by atoms with Gasteiger partial charge in [-0.05, 0) is 41.7 Å². The number of carbonyl (C=O) groups is 1. The lowest BCUT2D eigenvalue weighted by Crippen LogP contribution is -2.49. The third kappa shape index (κ3) is 4.61. The number of benzene rings is 2. The normalized spacial score (nSPS) is 14.1. The molecule has 0 saturated carbocycles. The number of aryl methyl sites for hydroxylation is 2. The van der Waals surface area contributed by atoms with E-state index in [1.807, 2.05) is 23.1 Å². The molecule has 0 aliphatic carbocycles. The molecule has 1 aliphatic rings. The van der Waals surface area contributed by atoms with E-state index < -0.39 is 0 Å². The van der Waals surface area contributed by atoms with Crippen molar-refractivity contribution in [2.24, 2.45) is 0 Å². The van der Waals surface area contributed by atoms with Gasteiger partial charge in [0.05, 0.1) is 6.42 Å². The standard InChI is InChI=1S/C25H26N6O/c32-25(18-22-8-4-7-21(17-22)10-9-20-5-2-1-3-6-20)30-15-13-29(14-16-30)24-12-11-23-27-26-19-31(23)28-24/h1-8,11-12,17,19H,9-10,13-16,18H2. The second-order valence-electron chi connectivity index (χ2n) is 8.18. The minimum atomic E-state index is 0.187. The van der Waals surface area contributed by atoms with Crippen molar-refractivity contribution in [1.29, 1.82) is 0 Å². The van der Waals surface area contributed by atoms with Crippen molar-refractivity contribution >= 4 is 17.4 Å². The van der Waals surface area contributed by atoms with E-state index in [-0.39, 0.29) is 5.91 Å². The van der Waals surface area contributed by atoms with Crippen LogP contribution in [0.15, 0.2) is 73.1 Å². The highest BCUT2D eigenvalue weighted by Crippen LogP contribution is 2.16. The summed E-state index contributed by atoms with van der Waals surface area (Å²) in [5.74, 6) is 1.07. The molecule has 1 aliphatic heterocycles. The number of rotatable bonds is 6. The fraction of sp³-hybridized carbons (Fsp3) is 0.280. The van der Waals surface area contributed by atoms with Crippen molar-refractivity contribution in [3.8, 4) is 0 Å². The molecule has 5 rings (SSSR count). The maximum Gasteiger partial charge on any atom is 0.227 e. The van der Waals surface area contributed by atoms with Gasteiger partial charge in [0.2, 0.25) is 5.91 Å². The van der Waals surface area contributed by atoms with Crippen LogP contribution in [0.4, 0.5) is 5.82 Å². The summed E-state index contributed by atoms with van der Waals surface area (Å²) in [4.78, 5) is 17.1. The largest absolute Gasteiger partial charge is 0.352 e. The second kappa shape index (κ2) is 9.18. The molecule has 7 nitrogen and oxygen atoms in total. The number of amides is 1. The molecular weight excluding hydrogens is 400 g/mol. The predicted molar refractivity (Wildman–Crippen MR) is 124 cm³/mol. The van der Waals surface area contributed by atoms with E-state index in [0.29, 0.717) is 19.5 Å². The highest BCUT2D eigenvalue weighted by Gasteiger charge is 2.22. The lowest BCUT2D eigenvalue weighted by atomic mass is 10.0. The van der Waals surface area contributed by atoms with Crippen LogP contribution in [0.1, 0.15) is 16.7 Å². The third-order valence-corrected chi connectivity index (χ3v) is 6.00. The Balaban J connectivity index is 1.15. The van der Waals surface area contributed by atoms with Gasteiger partial charge in [-0.1, -0.05) is 54.6 Å². The lowest BCUT2D eigenvalue weighted by Gasteiger charge is -2.35. The highest BCUT2D eigenvalue weighted by molar-refractivity contribution is 5.79. The molecule has 1 saturated heterocycles. The van der Waals surface area contributed by atoms with Gasteiger partial charge in [0.25, 0.3) is 0 Å². The molecule has 0 unspecified atom stereocenters. The van der Waals surface area contributed by atoms with Gasteiger partial charge in [-0.25, -0.2) is 0 Å². The Labute approximate surface area is 187 Å². The number of hydrogen-bond donors (Lipinski definition) is 0. The first kappa shape index (κ1) is 20.2. The lowest BCUT2D eigenvalue weighted by molar-refractivity contribution is -0.130. The van der Waals surface area contributed by atoms with Crippen LogP contribution in [0.25, 0.3) is 5.65 Å². The zero-order valence-corrected chi connectivity index (χ0v) is 18.0. The van der Waals surface area contributed by atoms with E-state index in [1.165, 1.54) is 11.1 Å². The molecule has 1 fully saturated rings. The average molecular weight is 427 g/mol. The first-order valence-corrected chi connectivity index (χ1v) is 11.1. The number of hydrogen-bond acceptors (Lipinski definition) is 5. The Hall–Kier alpha value is -3.74. The minimum Gasteiger partial charge on any atom is -0.352 e. The predicted octanol–water partition coefficient (Wildman–Crippen LogP) is 2.80. The molecule has 2 aromatic carbocycles. The van der Waals surface area contributed by atoms with E-state index in [1.54, 1.807) is 10.8 Å². The summed E-state index contributed by atoms with van der Waals surface area (Å²) in [6, 6.07) is 22.8. The fourth-order valence-electron chi connectivity index (χ4n) is 4.19. The van der Waals surface area contributed by atoms with E-state index >= 15 is 0 Å². The Bertz CT molecular complexity index is 1200. The van der Waals surface area contributed by atoms with Crippen molar-refractivity contribution < 1.29 is 4.79 Å². The zero-order chi connectivity index (χ0) is 21.8. The Morgan fingerprint density at radius 1 is 0.812 bits per heavy atom. The van der Waals surface area contributed by atoms with Crippen LogP contribution in [0.2, 0.25) is 0 Å². The number of fused-ring (bicyclic) bond motifs is 1. The van der Waals surface area contributed by atoms with Crippen molar-refractivity contribution in [3.63, 3.8) is 0 Å². The molecule has 0 radical (unpaired) electrons. The van der Waals surface area contributed by atoms with Crippen LogP contribution < -0.4 is 4.90 Å². The summed E-state index contributed by atoms with van der Waals surface area (Å²) in [6.45, 7) is 2.94. The topological polar surface area (TPSA) is 66.6 Å². The van der Waals surface area contributed by atoms with Gasteiger partial charge >= 0.3 is 0 Å². The number of carbonyl (C=O) groups excluding carboxylic acids is 1. The molecule has 2 aromatic heterocycles. The number of piperazine rings is 1. The number of aromatic nitrogens is 4. The van der Waals surface area contributed by atoms with Gasteiger partial charge in [0, 0.05) is 26.2 Å². The summed E-state index contributed by atoms with van der Waals surface area (Å²) in [5.41, 5.74) is 4.43. The van der Waals surface area contributed by atoms with Crippen LogP contribution >= 0.6 is 0 Å². The summed E-state index contributed by atoms with van der Waals surface area (Å²) < 4.78 is 1.68. The average Bonchev–Trinajstić information content (AvgIpc) is 3.32. The van der Waals surface area contributed by atoms with Crippen LogP contribution in [0, 0.1) is 0 Å². The zero-order valence-electron chi connectivity index (χ0n) is 18.0. The molecule has 4 aromatic rings. The summed E-state index contributed by atoms with van der Waals surface area (Å²) in [7, 11) is 0. The maximum absolute atomic E-state index is 12.9. The second-order valence-corrected chi connectivity index (χ2v) is 8.18. The van der Waals surface area contributed by atoms with E-state index in [0.717, 1.165) is 43.0 Å². The molecule has 32 heavy (non-hydrogen) atoms. The first-order valence-electron chi connectivity index (χ1n) is 11.1. The van der Waals surface area contributed by atoms with Gasteiger partial charge in [-0.15, -0.1) is 15.3 Å². The smallest absolute Gasteiger partial charge is 0.227 e. The molecule has 3 heterocycles. The van der Waals surface area contributed by atoms with E-state index in [4.69, 9.17) is 0 Å². The summed E-state index contributed by atoms with van der Waals surface area (Å²) in [5, 5.41) is 12.4. The van der Waals surface area contributed by atoms with Crippen molar-refractivity contribution in [2.45, 2.75) is 19.3 Å². The molecule has 0 N–H and O–H groups in total. The van der Waals surface area contributed by atoms with Crippen molar-refractivity contribution in [1.82, 2.24) is 24.7 Å². The summed E-state index contributed by atoms with van der Waals surface area (Å²) in [6.07, 6.45) is 4.04. The first-order chi connectivity index (χ1) is 15.7.